The normalized spacial score (nSPS) is 21.1. The van der Waals surface area contributed by atoms with Gasteiger partial charge in [0, 0.05) is 19.5 Å². The lowest BCUT2D eigenvalue weighted by Gasteiger charge is -2.56. The zero-order valence-corrected chi connectivity index (χ0v) is 15.6. The maximum absolute atomic E-state index is 13.7. The Morgan fingerprint density at radius 1 is 1.21 bits per heavy atom. The third kappa shape index (κ3) is 2.89. The summed E-state index contributed by atoms with van der Waals surface area (Å²) in [5.41, 5.74) is 2.22. The van der Waals surface area contributed by atoms with Crippen LogP contribution in [-0.2, 0) is 11.2 Å². The van der Waals surface area contributed by atoms with Gasteiger partial charge in [-0.25, -0.2) is 4.39 Å². The fourth-order valence-electron chi connectivity index (χ4n) is 4.26. The molecule has 8 heteroatoms. The SMILES string of the molecule is Cc1ccc(CCC(=O)N2C3CC2CN(c2ccc4nncn4n2)C3)cc1F. The molecule has 6 rings (SSSR count). The molecule has 3 aliphatic rings. The number of carbonyl (C=O) groups excluding carboxylic acids is 1. The lowest BCUT2D eigenvalue weighted by Crippen LogP contribution is -2.70. The number of fused-ring (bicyclic) bond motifs is 3. The van der Waals surface area contributed by atoms with Gasteiger partial charge in [-0.2, -0.15) is 4.52 Å². The molecule has 2 aromatic heterocycles. The van der Waals surface area contributed by atoms with Crippen molar-refractivity contribution in [3.8, 4) is 0 Å². The van der Waals surface area contributed by atoms with Crippen LogP contribution in [0.15, 0.2) is 36.7 Å². The first kappa shape index (κ1) is 17.1. The molecule has 3 aromatic rings. The van der Waals surface area contributed by atoms with Crippen molar-refractivity contribution in [3.05, 3.63) is 53.6 Å². The lowest BCUT2D eigenvalue weighted by atomic mass is 9.86. The number of aromatic nitrogens is 4. The minimum Gasteiger partial charge on any atom is -0.351 e. The number of nitrogens with zero attached hydrogens (tertiary/aromatic N) is 6. The number of halogens is 1. The summed E-state index contributed by atoms with van der Waals surface area (Å²) in [6, 6.07) is 9.50. The molecule has 5 heterocycles. The van der Waals surface area contributed by atoms with E-state index >= 15 is 0 Å². The maximum Gasteiger partial charge on any atom is 0.223 e. The largest absolute Gasteiger partial charge is 0.351 e. The number of benzene rings is 1. The van der Waals surface area contributed by atoms with Crippen molar-refractivity contribution in [1.82, 2.24) is 24.7 Å². The van der Waals surface area contributed by atoms with Crippen LogP contribution in [0.2, 0.25) is 0 Å². The molecule has 0 aliphatic carbocycles. The van der Waals surface area contributed by atoms with Crippen LogP contribution in [0.1, 0.15) is 24.0 Å². The monoisotopic (exact) mass is 380 g/mol. The molecule has 0 N–H and O–H groups in total. The Bertz CT molecular complexity index is 1040. The first-order chi connectivity index (χ1) is 13.6. The molecule has 2 atom stereocenters. The molecular formula is C20H21FN6O. The molecule has 0 spiro atoms. The van der Waals surface area contributed by atoms with E-state index in [4.69, 9.17) is 0 Å². The molecular weight excluding hydrogens is 359 g/mol. The topological polar surface area (TPSA) is 66.6 Å². The van der Waals surface area contributed by atoms with E-state index in [9.17, 15) is 9.18 Å². The number of amides is 1. The van der Waals surface area contributed by atoms with Gasteiger partial charge in [0.05, 0.1) is 12.1 Å². The van der Waals surface area contributed by atoms with Gasteiger partial charge in [-0.15, -0.1) is 15.3 Å². The number of aryl methyl sites for hydroxylation is 2. The van der Waals surface area contributed by atoms with E-state index in [-0.39, 0.29) is 23.8 Å². The molecule has 7 nitrogen and oxygen atoms in total. The molecule has 3 fully saturated rings. The van der Waals surface area contributed by atoms with E-state index < -0.39 is 0 Å². The van der Waals surface area contributed by atoms with Crippen molar-refractivity contribution in [2.24, 2.45) is 0 Å². The van der Waals surface area contributed by atoms with Crippen molar-refractivity contribution >= 4 is 17.4 Å². The summed E-state index contributed by atoms with van der Waals surface area (Å²) in [5, 5.41) is 12.4. The first-order valence-corrected chi connectivity index (χ1v) is 9.57. The van der Waals surface area contributed by atoms with Crippen molar-refractivity contribution in [1.29, 1.82) is 0 Å². The molecule has 144 valence electrons. The molecule has 1 amide bonds. The van der Waals surface area contributed by atoms with Gasteiger partial charge >= 0.3 is 0 Å². The number of hydrogen-bond acceptors (Lipinski definition) is 5. The van der Waals surface area contributed by atoms with Crippen LogP contribution in [-0.4, -0.2) is 55.8 Å². The fraction of sp³-hybridized carbons (Fsp3) is 0.400. The third-order valence-electron chi connectivity index (χ3n) is 5.82. The summed E-state index contributed by atoms with van der Waals surface area (Å²) in [6.45, 7) is 3.30. The number of hydrogen-bond donors (Lipinski definition) is 0. The zero-order chi connectivity index (χ0) is 19.3. The Balaban J connectivity index is 1.22. The Hall–Kier alpha value is -3.03. The minimum atomic E-state index is -0.209. The highest BCUT2D eigenvalue weighted by Crippen LogP contribution is 2.34. The van der Waals surface area contributed by atoms with E-state index in [1.165, 1.54) is 6.07 Å². The minimum absolute atomic E-state index is 0.157. The van der Waals surface area contributed by atoms with Gasteiger partial charge in [0.25, 0.3) is 0 Å². The lowest BCUT2D eigenvalue weighted by molar-refractivity contribution is -0.146. The van der Waals surface area contributed by atoms with Gasteiger partial charge in [-0.1, -0.05) is 12.1 Å². The highest BCUT2D eigenvalue weighted by Gasteiger charge is 2.47. The summed E-state index contributed by atoms with van der Waals surface area (Å²) < 4.78 is 15.4. The predicted octanol–water partition coefficient (Wildman–Crippen LogP) is 1.99. The van der Waals surface area contributed by atoms with Crippen LogP contribution in [0.25, 0.3) is 5.65 Å². The van der Waals surface area contributed by atoms with Crippen LogP contribution in [0.5, 0.6) is 0 Å². The second-order valence-corrected chi connectivity index (χ2v) is 7.66. The van der Waals surface area contributed by atoms with Gasteiger partial charge in [0.1, 0.15) is 18.0 Å². The molecule has 1 aromatic carbocycles. The van der Waals surface area contributed by atoms with E-state index in [2.05, 4.69) is 20.2 Å². The van der Waals surface area contributed by atoms with E-state index in [1.54, 1.807) is 23.8 Å². The Labute approximate surface area is 161 Å². The van der Waals surface area contributed by atoms with Gasteiger partial charge in [-0.05, 0) is 49.1 Å². The molecule has 3 saturated heterocycles. The van der Waals surface area contributed by atoms with Crippen LogP contribution in [0.3, 0.4) is 0 Å². The van der Waals surface area contributed by atoms with Crippen molar-refractivity contribution in [3.63, 3.8) is 0 Å². The highest BCUT2D eigenvalue weighted by molar-refractivity contribution is 5.78. The zero-order valence-electron chi connectivity index (χ0n) is 15.6. The standard InChI is InChI=1S/C20H21FN6O/c1-13-2-3-14(8-17(13)21)4-7-20(28)27-15-9-16(27)11-25(10-15)19-6-5-18-23-22-12-26(18)24-19/h2-3,5-6,8,12,15-16H,4,7,9-11H2,1H3. The number of anilines is 1. The summed E-state index contributed by atoms with van der Waals surface area (Å²) in [5.74, 6) is 0.826. The average molecular weight is 380 g/mol. The molecule has 3 aliphatic heterocycles. The van der Waals surface area contributed by atoms with Crippen molar-refractivity contribution < 1.29 is 9.18 Å². The predicted molar refractivity (Wildman–Crippen MR) is 101 cm³/mol. The van der Waals surface area contributed by atoms with Crippen LogP contribution >= 0.6 is 0 Å². The number of piperazine rings is 1. The molecule has 2 unspecified atom stereocenters. The van der Waals surface area contributed by atoms with Gasteiger partial charge in [0.2, 0.25) is 5.91 Å². The molecule has 2 bridgehead atoms. The quantitative estimate of drug-likeness (QED) is 0.693. The number of piperidine rings is 1. The van der Waals surface area contributed by atoms with Crippen LogP contribution in [0, 0.1) is 12.7 Å². The number of rotatable bonds is 4. The Morgan fingerprint density at radius 3 is 2.82 bits per heavy atom. The second kappa shape index (κ2) is 6.54. The Kier molecular flexibility index (Phi) is 3.99. The molecule has 0 radical (unpaired) electrons. The highest BCUT2D eigenvalue weighted by atomic mass is 19.1. The van der Waals surface area contributed by atoms with Crippen LogP contribution in [0.4, 0.5) is 10.2 Å². The molecule has 0 saturated carbocycles. The maximum atomic E-state index is 13.7. The van der Waals surface area contributed by atoms with Gasteiger partial charge < -0.3 is 9.80 Å². The van der Waals surface area contributed by atoms with Gasteiger partial charge in [0.15, 0.2) is 5.65 Å². The summed E-state index contributed by atoms with van der Waals surface area (Å²) in [6.07, 6.45) is 3.62. The van der Waals surface area contributed by atoms with E-state index in [0.29, 0.717) is 18.4 Å². The van der Waals surface area contributed by atoms with E-state index in [0.717, 1.165) is 36.5 Å². The third-order valence-corrected chi connectivity index (χ3v) is 5.82. The summed E-state index contributed by atoms with van der Waals surface area (Å²) >= 11 is 0. The first-order valence-electron chi connectivity index (χ1n) is 9.57. The van der Waals surface area contributed by atoms with Crippen LogP contribution < -0.4 is 4.90 Å². The Morgan fingerprint density at radius 2 is 2.04 bits per heavy atom. The fourth-order valence-corrected chi connectivity index (χ4v) is 4.26. The number of carbonyl (C=O) groups is 1. The molecule has 28 heavy (non-hydrogen) atoms. The van der Waals surface area contributed by atoms with Crippen molar-refractivity contribution in [2.45, 2.75) is 38.3 Å². The summed E-state index contributed by atoms with van der Waals surface area (Å²) in [4.78, 5) is 17.0. The van der Waals surface area contributed by atoms with Crippen molar-refractivity contribution in [2.75, 3.05) is 18.0 Å². The second-order valence-electron chi connectivity index (χ2n) is 7.66. The smallest absolute Gasteiger partial charge is 0.223 e. The van der Waals surface area contributed by atoms with Gasteiger partial charge in [-0.3, -0.25) is 4.79 Å². The average Bonchev–Trinajstić information content (AvgIpc) is 3.17. The van der Waals surface area contributed by atoms with E-state index in [1.807, 2.05) is 23.1 Å². The summed E-state index contributed by atoms with van der Waals surface area (Å²) in [7, 11) is 0.